The first-order valence-electron chi connectivity index (χ1n) is 9.02. The second-order valence-electron chi connectivity index (χ2n) is 7.14. The van der Waals surface area contributed by atoms with Crippen LogP contribution >= 0.6 is 0 Å². The average Bonchev–Trinajstić information content (AvgIpc) is 3.13. The Labute approximate surface area is 175 Å². The lowest BCUT2D eigenvalue weighted by Crippen LogP contribution is -2.50. The first-order chi connectivity index (χ1) is 14.7. The monoisotopic (exact) mass is 470 g/mol. The third kappa shape index (κ3) is 5.34. The van der Waals surface area contributed by atoms with Gasteiger partial charge < -0.3 is 10.1 Å². The molecule has 0 spiro atoms. The molecule has 1 unspecified atom stereocenters. The molecule has 0 saturated carbocycles. The van der Waals surface area contributed by atoms with Crippen LogP contribution in [0.1, 0.15) is 22.3 Å². The zero-order valence-corrected chi connectivity index (χ0v) is 16.0. The van der Waals surface area contributed by atoms with Crippen LogP contribution in [-0.4, -0.2) is 25.2 Å². The molecule has 1 heterocycles. The molecule has 174 valence electrons. The predicted molar refractivity (Wildman–Crippen MR) is 95.7 cm³/mol. The van der Waals surface area contributed by atoms with Crippen LogP contribution in [0.3, 0.4) is 0 Å². The van der Waals surface area contributed by atoms with Crippen molar-refractivity contribution in [3.63, 3.8) is 0 Å². The summed E-state index contributed by atoms with van der Waals surface area (Å²) in [4.78, 5) is 3.46. The molecule has 3 nitrogen and oxygen atoms in total. The van der Waals surface area contributed by atoms with Crippen molar-refractivity contribution in [2.24, 2.45) is 4.99 Å². The van der Waals surface area contributed by atoms with Gasteiger partial charge in [0.25, 0.3) is 0 Å². The first-order valence-corrected chi connectivity index (χ1v) is 9.02. The minimum Gasteiger partial charge on any atom is -0.374 e. The standard InChI is InChI=1S/C20H15F9N2O/c21-18(22,23)14-6-12(7-15(8-14)19(24,25)26)9-32-11-17(13-4-2-1-3-5-13)10-30-16(31-17)20(27,28)29/h1-8H,9-11H2,(H,30,31). The van der Waals surface area contributed by atoms with E-state index < -0.39 is 59.8 Å². The molecule has 0 radical (unpaired) electrons. The minimum absolute atomic E-state index is 0.0169. The first kappa shape index (κ1) is 23.9. The third-order valence-corrected chi connectivity index (χ3v) is 4.72. The number of rotatable bonds is 5. The smallest absolute Gasteiger partial charge is 0.374 e. The summed E-state index contributed by atoms with van der Waals surface area (Å²) in [7, 11) is 0. The average molecular weight is 470 g/mol. The van der Waals surface area contributed by atoms with E-state index in [1.165, 1.54) is 12.1 Å². The van der Waals surface area contributed by atoms with Crippen LogP contribution in [0.5, 0.6) is 0 Å². The molecule has 0 fully saturated rings. The van der Waals surface area contributed by atoms with Gasteiger partial charge in [-0.05, 0) is 29.3 Å². The zero-order chi connectivity index (χ0) is 23.8. The molecule has 12 heteroatoms. The van der Waals surface area contributed by atoms with Crippen LogP contribution in [0, 0.1) is 0 Å². The summed E-state index contributed by atoms with van der Waals surface area (Å²) in [6.07, 6.45) is -14.8. The SMILES string of the molecule is FC(F)(F)C1=NCC(COCc2cc(C(F)(F)F)cc(C(F)(F)F)c2)(c2ccccc2)N1. The quantitative estimate of drug-likeness (QED) is 0.569. The lowest BCUT2D eigenvalue weighted by atomic mass is 9.91. The van der Waals surface area contributed by atoms with Gasteiger partial charge in [0.05, 0.1) is 30.9 Å². The van der Waals surface area contributed by atoms with E-state index in [4.69, 9.17) is 4.74 Å². The molecule has 2 aromatic rings. The lowest BCUT2D eigenvalue weighted by molar-refractivity contribution is -0.143. The molecule has 0 aliphatic carbocycles. The summed E-state index contributed by atoms with van der Waals surface area (Å²) in [6.45, 7) is -1.56. The maximum Gasteiger partial charge on any atom is 0.448 e. The van der Waals surface area contributed by atoms with Gasteiger partial charge in [0.15, 0.2) is 0 Å². The van der Waals surface area contributed by atoms with Crippen LogP contribution < -0.4 is 5.32 Å². The van der Waals surface area contributed by atoms with Crippen LogP contribution in [0.2, 0.25) is 0 Å². The number of hydrogen-bond acceptors (Lipinski definition) is 3. The van der Waals surface area contributed by atoms with Crippen molar-refractivity contribution >= 4 is 5.84 Å². The van der Waals surface area contributed by atoms with Gasteiger partial charge in [-0.2, -0.15) is 39.5 Å². The Hall–Kier alpha value is -2.76. The summed E-state index contributed by atoms with van der Waals surface area (Å²) in [6, 6.07) is 8.76. The fraction of sp³-hybridized carbons (Fsp3) is 0.350. The number of nitrogens with zero attached hydrogens (tertiary/aromatic N) is 1. The number of amidine groups is 1. The lowest BCUT2D eigenvalue weighted by Gasteiger charge is -2.30. The molecular formula is C20H15F9N2O. The van der Waals surface area contributed by atoms with E-state index in [2.05, 4.69) is 10.3 Å². The van der Waals surface area contributed by atoms with Crippen molar-refractivity contribution in [3.05, 3.63) is 70.8 Å². The van der Waals surface area contributed by atoms with Crippen molar-refractivity contribution < 1.29 is 44.3 Å². The van der Waals surface area contributed by atoms with Gasteiger partial charge in [0.1, 0.15) is 5.54 Å². The number of nitrogens with one attached hydrogen (secondary N) is 1. The molecule has 1 aliphatic heterocycles. The van der Waals surface area contributed by atoms with E-state index in [0.29, 0.717) is 17.7 Å². The maximum atomic E-state index is 13.1. The van der Waals surface area contributed by atoms with E-state index in [9.17, 15) is 39.5 Å². The number of halogens is 9. The highest BCUT2D eigenvalue weighted by molar-refractivity contribution is 5.90. The predicted octanol–water partition coefficient (Wildman–Crippen LogP) is 5.70. The number of ether oxygens (including phenoxy) is 1. The Morgan fingerprint density at radius 1 is 0.812 bits per heavy atom. The van der Waals surface area contributed by atoms with Gasteiger partial charge in [-0.15, -0.1) is 0 Å². The fourth-order valence-electron chi connectivity index (χ4n) is 3.21. The van der Waals surface area contributed by atoms with Crippen molar-refractivity contribution in [1.29, 1.82) is 0 Å². The second kappa shape index (κ2) is 8.30. The second-order valence-corrected chi connectivity index (χ2v) is 7.14. The van der Waals surface area contributed by atoms with Crippen LogP contribution in [0.25, 0.3) is 0 Å². The van der Waals surface area contributed by atoms with Gasteiger partial charge in [-0.1, -0.05) is 30.3 Å². The summed E-state index contributed by atoms with van der Waals surface area (Å²) in [5.41, 5.74) is -4.57. The largest absolute Gasteiger partial charge is 0.448 e. The molecule has 1 N–H and O–H groups in total. The van der Waals surface area contributed by atoms with Crippen molar-refractivity contribution in [3.8, 4) is 0 Å². The molecule has 0 aromatic heterocycles. The molecule has 0 amide bonds. The van der Waals surface area contributed by atoms with Crippen molar-refractivity contribution in [1.82, 2.24) is 5.32 Å². The zero-order valence-electron chi connectivity index (χ0n) is 16.0. The van der Waals surface area contributed by atoms with E-state index in [1.807, 2.05) is 0 Å². The number of hydrogen-bond donors (Lipinski definition) is 1. The molecule has 0 bridgehead atoms. The molecule has 3 rings (SSSR count). The van der Waals surface area contributed by atoms with Gasteiger partial charge in [0.2, 0.25) is 5.84 Å². The summed E-state index contributed by atoms with van der Waals surface area (Å²) >= 11 is 0. The normalized spacial score (nSPS) is 19.6. The highest BCUT2D eigenvalue weighted by Crippen LogP contribution is 2.37. The Balaban J connectivity index is 1.83. The Kier molecular flexibility index (Phi) is 6.20. The third-order valence-electron chi connectivity index (χ3n) is 4.72. The highest BCUT2D eigenvalue weighted by atomic mass is 19.4. The van der Waals surface area contributed by atoms with Crippen LogP contribution in [0.15, 0.2) is 53.5 Å². The van der Waals surface area contributed by atoms with Crippen LogP contribution in [-0.2, 0) is 29.2 Å². The van der Waals surface area contributed by atoms with Gasteiger partial charge in [-0.25, -0.2) is 0 Å². The molecular weight excluding hydrogens is 455 g/mol. The van der Waals surface area contributed by atoms with E-state index in [1.54, 1.807) is 18.2 Å². The van der Waals surface area contributed by atoms with Crippen LogP contribution in [0.4, 0.5) is 39.5 Å². The molecule has 32 heavy (non-hydrogen) atoms. The Morgan fingerprint density at radius 2 is 1.38 bits per heavy atom. The Morgan fingerprint density at radius 3 is 1.84 bits per heavy atom. The summed E-state index contributed by atoms with van der Waals surface area (Å²) in [5.74, 6) is -1.25. The minimum atomic E-state index is -5.02. The van der Waals surface area contributed by atoms with Crippen molar-refractivity contribution in [2.75, 3.05) is 13.2 Å². The molecule has 1 atom stereocenters. The van der Waals surface area contributed by atoms with Gasteiger partial charge >= 0.3 is 18.5 Å². The maximum absolute atomic E-state index is 13.1. The number of benzene rings is 2. The van der Waals surface area contributed by atoms with Gasteiger partial charge in [0, 0.05) is 0 Å². The summed E-state index contributed by atoms with van der Waals surface area (Å²) in [5, 5.41) is 2.26. The topological polar surface area (TPSA) is 33.6 Å². The number of aliphatic imine (C=N–C) groups is 1. The Bertz CT molecular complexity index is 949. The fourth-order valence-corrected chi connectivity index (χ4v) is 3.21. The van der Waals surface area contributed by atoms with E-state index in [0.717, 1.165) is 0 Å². The summed E-state index contributed by atoms with van der Waals surface area (Å²) < 4.78 is 123. The molecule has 1 aliphatic rings. The van der Waals surface area contributed by atoms with Gasteiger partial charge in [-0.3, -0.25) is 4.99 Å². The molecule has 0 saturated heterocycles. The van der Waals surface area contributed by atoms with Crippen molar-refractivity contribution in [2.45, 2.75) is 30.7 Å². The van der Waals surface area contributed by atoms with E-state index in [-0.39, 0.29) is 12.6 Å². The van der Waals surface area contributed by atoms with E-state index >= 15 is 0 Å². The molecule has 2 aromatic carbocycles. The number of alkyl halides is 9. The highest BCUT2D eigenvalue weighted by Gasteiger charge is 2.47.